The van der Waals surface area contributed by atoms with E-state index >= 15 is 0 Å². The molecule has 0 bridgehead atoms. The number of hydrogen-bond acceptors (Lipinski definition) is 10. The Balaban J connectivity index is 2.09. The standard InChI is InChI=1S/C33H50N10O9/c1-3-17(2)26-32(52)43-13-5-7-24(43)31(51)41-23(16-44)30(50)38-20(6-4-12-37-33(35)36)27(47)40-22(15-25(34)46)28(48)39-21(29(49)42-26)14-18-8-10-19(45)11-9-18/h8-11,17,20-24,26,44-45H,3-7,12-16H2,1-2H3,(H2,34,46)(H,38,50)(H,39,48)(H,40,47)(H,41,51)(H,42,49)(H4,35,36,37)/t17-,20-,21-,22-,23-,24-,26-/m0/s1. The second kappa shape index (κ2) is 19.2. The largest absolute Gasteiger partial charge is 0.508 e. The highest BCUT2D eigenvalue weighted by Crippen LogP contribution is 2.22. The highest BCUT2D eigenvalue weighted by molar-refractivity contribution is 5.99. The first-order valence-corrected chi connectivity index (χ1v) is 17.2. The Morgan fingerprint density at radius 2 is 1.44 bits per heavy atom. The maximum Gasteiger partial charge on any atom is 0.246 e. The summed E-state index contributed by atoms with van der Waals surface area (Å²) in [4.78, 5) is 99.7. The number of hydrogen-bond donors (Lipinski definition) is 10. The van der Waals surface area contributed by atoms with Crippen molar-refractivity contribution in [2.45, 2.75) is 95.0 Å². The van der Waals surface area contributed by atoms with Crippen molar-refractivity contribution >= 4 is 47.3 Å². The number of aromatic hydroxyl groups is 1. The van der Waals surface area contributed by atoms with E-state index in [0.717, 1.165) is 0 Å². The zero-order valence-electron chi connectivity index (χ0n) is 29.3. The van der Waals surface area contributed by atoms with Gasteiger partial charge in [-0.25, -0.2) is 0 Å². The molecule has 2 heterocycles. The molecule has 0 saturated carbocycles. The summed E-state index contributed by atoms with van der Waals surface area (Å²) in [5.74, 6) is -6.52. The number of aliphatic imine (C=N–C) groups is 1. The fraction of sp³-hybridized carbons (Fsp3) is 0.576. The van der Waals surface area contributed by atoms with Crippen LogP contribution in [-0.4, -0.2) is 118 Å². The predicted octanol–water partition coefficient (Wildman–Crippen LogP) is -3.67. The zero-order chi connectivity index (χ0) is 38.5. The third kappa shape index (κ3) is 11.5. The van der Waals surface area contributed by atoms with Gasteiger partial charge < -0.3 is 58.9 Å². The van der Waals surface area contributed by atoms with Crippen LogP contribution in [-0.2, 0) is 40.0 Å². The van der Waals surface area contributed by atoms with Crippen molar-refractivity contribution in [3.63, 3.8) is 0 Å². The summed E-state index contributed by atoms with van der Waals surface area (Å²) in [6.07, 6.45) is 0.387. The molecule has 3 rings (SSSR count). The number of guanidine groups is 1. The van der Waals surface area contributed by atoms with Crippen molar-refractivity contribution in [2.75, 3.05) is 19.7 Å². The highest BCUT2D eigenvalue weighted by Gasteiger charge is 2.41. The molecule has 2 aliphatic heterocycles. The molecule has 7 amide bonds. The van der Waals surface area contributed by atoms with E-state index in [9.17, 15) is 43.8 Å². The van der Waals surface area contributed by atoms with E-state index in [0.29, 0.717) is 18.4 Å². The lowest BCUT2D eigenvalue weighted by Gasteiger charge is -2.33. The molecule has 286 valence electrons. The second-order valence-corrected chi connectivity index (χ2v) is 13.0. The van der Waals surface area contributed by atoms with Crippen LogP contribution in [0, 0.1) is 5.92 Å². The molecule has 7 atom stereocenters. The molecule has 1 aromatic rings. The van der Waals surface area contributed by atoms with Crippen molar-refractivity contribution in [3.8, 4) is 5.75 Å². The number of nitrogens with two attached hydrogens (primary N) is 3. The van der Waals surface area contributed by atoms with Gasteiger partial charge in [-0.05, 0) is 49.3 Å². The van der Waals surface area contributed by atoms with Crippen LogP contribution in [0.15, 0.2) is 29.3 Å². The molecule has 13 N–H and O–H groups in total. The van der Waals surface area contributed by atoms with Crippen LogP contribution in [0.5, 0.6) is 5.75 Å². The SMILES string of the molecule is CC[C@H](C)[C@@H]1NC(=O)[C@H](Cc2ccc(O)cc2)NC(=O)[C@H](CC(N)=O)NC(=O)[C@H](CCCN=C(N)N)NC(=O)[C@H](CO)NC(=O)[C@@H]2CCCN2C1=O. The number of primary amides is 1. The summed E-state index contributed by atoms with van der Waals surface area (Å²) in [6.45, 7) is 2.93. The highest BCUT2D eigenvalue weighted by atomic mass is 16.3. The molecule has 0 spiro atoms. The van der Waals surface area contributed by atoms with Gasteiger partial charge in [0, 0.05) is 19.5 Å². The van der Waals surface area contributed by atoms with Gasteiger partial charge in [0.1, 0.15) is 42.0 Å². The number of rotatable bonds is 11. The number of aliphatic hydroxyl groups is 1. The van der Waals surface area contributed by atoms with Gasteiger partial charge in [0.05, 0.1) is 13.0 Å². The Morgan fingerprint density at radius 3 is 2.06 bits per heavy atom. The second-order valence-electron chi connectivity index (χ2n) is 13.0. The number of phenols is 1. The maximum atomic E-state index is 14.1. The van der Waals surface area contributed by atoms with Crippen LogP contribution in [0.2, 0.25) is 0 Å². The first-order chi connectivity index (χ1) is 24.6. The molecule has 2 fully saturated rings. The van der Waals surface area contributed by atoms with E-state index in [1.54, 1.807) is 6.92 Å². The van der Waals surface area contributed by atoms with Crippen molar-refractivity contribution < 1.29 is 43.8 Å². The van der Waals surface area contributed by atoms with Gasteiger partial charge in [-0.3, -0.25) is 38.6 Å². The minimum absolute atomic E-state index is 0.0388. The molecule has 52 heavy (non-hydrogen) atoms. The molecule has 2 aliphatic rings. The van der Waals surface area contributed by atoms with Crippen molar-refractivity contribution in [2.24, 2.45) is 28.1 Å². The van der Waals surface area contributed by atoms with Crippen LogP contribution in [0.25, 0.3) is 0 Å². The summed E-state index contributed by atoms with van der Waals surface area (Å²) < 4.78 is 0. The van der Waals surface area contributed by atoms with E-state index in [1.807, 2.05) is 6.92 Å². The van der Waals surface area contributed by atoms with Crippen LogP contribution in [0.4, 0.5) is 0 Å². The van der Waals surface area contributed by atoms with Gasteiger partial charge in [-0.2, -0.15) is 0 Å². The van der Waals surface area contributed by atoms with Gasteiger partial charge in [0.15, 0.2) is 5.96 Å². The molecular weight excluding hydrogens is 680 g/mol. The molecule has 1 aromatic carbocycles. The van der Waals surface area contributed by atoms with E-state index in [-0.39, 0.29) is 50.5 Å². The monoisotopic (exact) mass is 730 g/mol. The summed E-state index contributed by atoms with van der Waals surface area (Å²) in [7, 11) is 0. The maximum absolute atomic E-state index is 14.1. The van der Waals surface area contributed by atoms with Crippen LogP contribution in [0.3, 0.4) is 0 Å². The lowest BCUT2D eigenvalue weighted by Crippen LogP contribution is -2.62. The molecule has 19 nitrogen and oxygen atoms in total. The Labute approximate surface area is 300 Å². The number of phenolic OH excluding ortho intramolecular Hbond substituents is 1. The van der Waals surface area contributed by atoms with E-state index < -0.39 is 96.5 Å². The number of amides is 7. The minimum atomic E-state index is -1.62. The zero-order valence-corrected chi connectivity index (χ0v) is 29.3. The Hall–Kier alpha value is -5.46. The van der Waals surface area contributed by atoms with Crippen LogP contribution < -0.4 is 43.8 Å². The fourth-order valence-corrected chi connectivity index (χ4v) is 5.96. The topological polar surface area (TPSA) is 314 Å². The first kappa shape index (κ1) is 41.0. The van der Waals surface area contributed by atoms with E-state index in [4.69, 9.17) is 17.2 Å². The summed E-state index contributed by atoms with van der Waals surface area (Å²) in [6, 6.07) is -2.23. The summed E-state index contributed by atoms with van der Waals surface area (Å²) >= 11 is 0. The lowest BCUT2D eigenvalue weighted by atomic mass is 9.96. The first-order valence-electron chi connectivity index (χ1n) is 17.2. The normalized spacial score (nSPS) is 25.6. The fourth-order valence-electron chi connectivity index (χ4n) is 5.96. The van der Waals surface area contributed by atoms with Crippen molar-refractivity contribution in [3.05, 3.63) is 29.8 Å². The molecule has 0 unspecified atom stereocenters. The average Bonchev–Trinajstić information content (AvgIpc) is 3.60. The van der Waals surface area contributed by atoms with E-state index in [1.165, 1.54) is 29.2 Å². The summed E-state index contributed by atoms with van der Waals surface area (Å²) in [5.41, 5.74) is 16.7. The van der Waals surface area contributed by atoms with Gasteiger partial charge in [-0.1, -0.05) is 32.4 Å². The Kier molecular flexibility index (Phi) is 15.2. The number of nitrogens with zero attached hydrogens (tertiary/aromatic N) is 2. The third-order valence-electron chi connectivity index (χ3n) is 9.06. The molecule has 0 radical (unpaired) electrons. The lowest BCUT2D eigenvalue weighted by molar-refractivity contribution is -0.144. The number of carbonyl (C=O) groups is 7. The average molecular weight is 731 g/mol. The molecule has 2 saturated heterocycles. The quantitative estimate of drug-likeness (QED) is 0.0601. The van der Waals surface area contributed by atoms with Gasteiger partial charge in [0.2, 0.25) is 41.4 Å². The van der Waals surface area contributed by atoms with Crippen molar-refractivity contribution in [1.82, 2.24) is 31.5 Å². The minimum Gasteiger partial charge on any atom is -0.508 e. The Morgan fingerprint density at radius 1 is 0.865 bits per heavy atom. The van der Waals surface area contributed by atoms with Crippen LogP contribution in [0.1, 0.15) is 57.9 Å². The molecule has 19 heteroatoms. The smallest absolute Gasteiger partial charge is 0.246 e. The number of fused-ring (bicyclic) bond motifs is 1. The number of benzene rings is 1. The Bertz CT molecular complexity index is 1500. The molecule has 0 aliphatic carbocycles. The van der Waals surface area contributed by atoms with E-state index in [2.05, 4.69) is 31.6 Å². The third-order valence-corrected chi connectivity index (χ3v) is 9.06. The predicted molar refractivity (Wildman–Crippen MR) is 186 cm³/mol. The van der Waals surface area contributed by atoms with Gasteiger partial charge in [0.25, 0.3) is 0 Å². The molecule has 0 aromatic heterocycles. The van der Waals surface area contributed by atoms with Crippen LogP contribution >= 0.6 is 0 Å². The van der Waals surface area contributed by atoms with Crippen molar-refractivity contribution in [1.29, 1.82) is 0 Å². The number of aliphatic hydroxyl groups excluding tert-OH is 1. The summed E-state index contributed by atoms with van der Waals surface area (Å²) in [5, 5.41) is 32.5. The number of carbonyl (C=O) groups excluding carboxylic acids is 7. The number of nitrogens with one attached hydrogen (secondary N) is 5. The molecular formula is C33H50N10O9. The van der Waals surface area contributed by atoms with Gasteiger partial charge in [-0.15, -0.1) is 0 Å². The van der Waals surface area contributed by atoms with Gasteiger partial charge >= 0.3 is 0 Å².